The smallest absolute Gasteiger partial charge is 0.200 e. The Hall–Kier alpha value is -4.13. The molecule has 7 heteroatoms. The number of aldehydes is 1. The number of carbonyl (C=O) groups excluding carboxylic acids is 2. The minimum absolute atomic E-state index is 0.0277. The summed E-state index contributed by atoms with van der Waals surface area (Å²) in [5, 5.41) is 10.9. The number of allylic oxidation sites excluding steroid dienone is 1. The van der Waals surface area contributed by atoms with Crippen LogP contribution in [0.1, 0.15) is 32.1 Å². The number of fused-ring (bicyclic) bond motifs is 1. The molecule has 1 aromatic heterocycles. The van der Waals surface area contributed by atoms with E-state index in [0.717, 1.165) is 12.1 Å². The maximum absolute atomic E-state index is 13.7. The number of hydrogen-bond donors (Lipinski definition) is 2. The van der Waals surface area contributed by atoms with Crippen LogP contribution in [0.4, 0.5) is 8.78 Å². The van der Waals surface area contributed by atoms with Gasteiger partial charge in [0.2, 0.25) is 5.78 Å². The van der Waals surface area contributed by atoms with E-state index in [2.05, 4.69) is 9.97 Å². The molecule has 3 aromatic carbocycles. The molecule has 0 unspecified atom stereocenters. The lowest BCUT2D eigenvalue weighted by Crippen LogP contribution is -2.08. The van der Waals surface area contributed by atoms with E-state index in [0.29, 0.717) is 23.4 Å². The number of benzene rings is 3. The first-order valence-electron chi connectivity index (χ1n) is 8.91. The Kier molecular flexibility index (Phi) is 4.93. The summed E-state index contributed by atoms with van der Waals surface area (Å²) in [5.41, 5.74) is 1.03. The molecular formula is C23H14F2N2O3. The average Bonchev–Trinajstić information content (AvgIpc) is 3.16. The Morgan fingerprint density at radius 3 is 2.37 bits per heavy atom. The van der Waals surface area contributed by atoms with Crippen molar-refractivity contribution in [2.45, 2.75) is 0 Å². The van der Waals surface area contributed by atoms with Gasteiger partial charge in [0, 0.05) is 22.8 Å². The first-order chi connectivity index (χ1) is 14.5. The molecule has 0 radical (unpaired) electrons. The number of ketones is 1. The number of aromatic amines is 1. The minimum atomic E-state index is -0.907. The van der Waals surface area contributed by atoms with Crippen molar-refractivity contribution in [3.8, 4) is 0 Å². The van der Waals surface area contributed by atoms with Gasteiger partial charge in [-0.15, -0.1) is 0 Å². The van der Waals surface area contributed by atoms with Crippen LogP contribution in [0.25, 0.3) is 22.4 Å². The molecule has 5 nitrogen and oxygen atoms in total. The average molecular weight is 404 g/mol. The van der Waals surface area contributed by atoms with Crippen molar-refractivity contribution in [2.75, 3.05) is 0 Å². The van der Waals surface area contributed by atoms with E-state index in [9.17, 15) is 23.5 Å². The Bertz CT molecular complexity index is 1270. The summed E-state index contributed by atoms with van der Waals surface area (Å²) in [4.78, 5) is 31.7. The number of nitrogens with zero attached hydrogens (tertiary/aromatic N) is 1. The normalized spacial score (nSPS) is 11.9. The van der Waals surface area contributed by atoms with Crippen molar-refractivity contribution in [3.63, 3.8) is 0 Å². The SMILES string of the molecule is O=Cc1cccc(C(=O)C(=C(O)c2cc(F)cc(F)c2)c2nc3ccccc3[nH]2)c1. The third-order valence-corrected chi connectivity index (χ3v) is 4.51. The maximum atomic E-state index is 13.7. The maximum Gasteiger partial charge on any atom is 0.200 e. The number of para-hydroxylation sites is 2. The number of hydrogen-bond acceptors (Lipinski definition) is 4. The number of aliphatic hydroxyl groups excluding tert-OH is 1. The van der Waals surface area contributed by atoms with Crippen molar-refractivity contribution in [1.29, 1.82) is 0 Å². The van der Waals surface area contributed by atoms with E-state index < -0.39 is 23.2 Å². The quantitative estimate of drug-likeness (QED) is 0.213. The lowest BCUT2D eigenvalue weighted by atomic mass is 9.97. The summed E-state index contributed by atoms with van der Waals surface area (Å²) in [6.45, 7) is 0. The number of aliphatic hydroxyl groups is 1. The highest BCUT2D eigenvalue weighted by atomic mass is 19.1. The summed E-state index contributed by atoms with van der Waals surface area (Å²) in [5.74, 6) is -3.10. The molecule has 0 aliphatic heterocycles. The number of Topliss-reactive ketones (excluding diaryl/α,β-unsaturated/α-hetero) is 1. The van der Waals surface area contributed by atoms with Crippen LogP contribution >= 0.6 is 0 Å². The molecular weight excluding hydrogens is 390 g/mol. The number of carbonyl (C=O) groups is 2. The predicted octanol–water partition coefficient (Wildman–Crippen LogP) is 4.96. The van der Waals surface area contributed by atoms with Gasteiger partial charge >= 0.3 is 0 Å². The van der Waals surface area contributed by atoms with Gasteiger partial charge in [-0.05, 0) is 30.3 Å². The van der Waals surface area contributed by atoms with E-state index in [4.69, 9.17) is 0 Å². The lowest BCUT2D eigenvalue weighted by molar-refractivity contribution is 0.105. The molecule has 2 N–H and O–H groups in total. The summed E-state index contributed by atoms with van der Waals surface area (Å²) < 4.78 is 27.4. The largest absolute Gasteiger partial charge is 0.506 e. The molecule has 30 heavy (non-hydrogen) atoms. The topological polar surface area (TPSA) is 83.1 Å². The van der Waals surface area contributed by atoms with Crippen LogP contribution < -0.4 is 0 Å². The van der Waals surface area contributed by atoms with E-state index in [1.165, 1.54) is 24.3 Å². The Labute approximate surface area is 169 Å². The zero-order valence-electron chi connectivity index (χ0n) is 15.4. The molecule has 0 amide bonds. The van der Waals surface area contributed by atoms with Crippen LogP contribution in [-0.4, -0.2) is 27.1 Å². The van der Waals surface area contributed by atoms with Crippen molar-refractivity contribution in [2.24, 2.45) is 0 Å². The molecule has 4 rings (SSSR count). The standard InChI is InChI=1S/C23H14F2N2O3/c24-16-9-15(10-17(25)11-16)22(30)20(21(29)14-5-3-4-13(8-14)12-28)23-26-18-6-1-2-7-19(18)27-23/h1-12,30H,(H,26,27). The van der Waals surface area contributed by atoms with Gasteiger partial charge in [-0.1, -0.05) is 30.3 Å². The highest BCUT2D eigenvalue weighted by Crippen LogP contribution is 2.29. The number of nitrogens with one attached hydrogen (secondary N) is 1. The van der Waals surface area contributed by atoms with Gasteiger partial charge in [0.25, 0.3) is 0 Å². The Balaban J connectivity index is 1.96. The van der Waals surface area contributed by atoms with E-state index in [1.807, 2.05) is 0 Å². The lowest BCUT2D eigenvalue weighted by Gasteiger charge is -2.10. The van der Waals surface area contributed by atoms with Crippen LogP contribution in [-0.2, 0) is 0 Å². The molecule has 0 fully saturated rings. The second kappa shape index (κ2) is 7.71. The second-order valence-corrected chi connectivity index (χ2v) is 6.56. The van der Waals surface area contributed by atoms with E-state index in [-0.39, 0.29) is 28.1 Å². The van der Waals surface area contributed by atoms with Gasteiger partial charge in [0.05, 0.1) is 11.0 Å². The van der Waals surface area contributed by atoms with Gasteiger partial charge in [0.1, 0.15) is 35.1 Å². The van der Waals surface area contributed by atoms with Crippen LogP contribution in [0, 0.1) is 11.6 Å². The van der Waals surface area contributed by atoms with E-state index >= 15 is 0 Å². The first kappa shape index (κ1) is 19.2. The molecule has 0 aliphatic rings. The number of halogens is 2. The zero-order valence-corrected chi connectivity index (χ0v) is 15.4. The Morgan fingerprint density at radius 2 is 1.67 bits per heavy atom. The van der Waals surface area contributed by atoms with Crippen LogP contribution in [0.5, 0.6) is 0 Å². The van der Waals surface area contributed by atoms with Gasteiger partial charge in [0.15, 0.2) is 0 Å². The predicted molar refractivity (Wildman–Crippen MR) is 108 cm³/mol. The van der Waals surface area contributed by atoms with Crippen molar-refractivity contribution < 1.29 is 23.5 Å². The molecule has 0 bridgehead atoms. The van der Waals surface area contributed by atoms with Gasteiger partial charge in [-0.2, -0.15) is 0 Å². The number of aromatic nitrogens is 2. The molecule has 4 aromatic rings. The third kappa shape index (κ3) is 3.60. The third-order valence-electron chi connectivity index (χ3n) is 4.51. The minimum Gasteiger partial charge on any atom is -0.506 e. The fourth-order valence-corrected chi connectivity index (χ4v) is 3.13. The molecule has 0 saturated carbocycles. The van der Waals surface area contributed by atoms with Gasteiger partial charge in [-0.3, -0.25) is 9.59 Å². The molecule has 0 atom stereocenters. The fraction of sp³-hybridized carbons (Fsp3) is 0. The van der Waals surface area contributed by atoms with E-state index in [1.54, 1.807) is 24.3 Å². The number of rotatable bonds is 5. The monoisotopic (exact) mass is 404 g/mol. The fourth-order valence-electron chi connectivity index (χ4n) is 3.13. The summed E-state index contributed by atoms with van der Waals surface area (Å²) in [6, 6.07) is 15.3. The molecule has 148 valence electrons. The van der Waals surface area contributed by atoms with Gasteiger partial charge in [-0.25, -0.2) is 13.8 Å². The zero-order chi connectivity index (χ0) is 21.3. The van der Waals surface area contributed by atoms with Crippen molar-refractivity contribution in [1.82, 2.24) is 9.97 Å². The molecule has 0 spiro atoms. The number of H-pyrrole nitrogens is 1. The van der Waals surface area contributed by atoms with Crippen molar-refractivity contribution >= 4 is 34.4 Å². The molecule has 0 saturated heterocycles. The van der Waals surface area contributed by atoms with Crippen LogP contribution in [0.3, 0.4) is 0 Å². The molecule has 0 aliphatic carbocycles. The van der Waals surface area contributed by atoms with Crippen LogP contribution in [0.2, 0.25) is 0 Å². The second-order valence-electron chi connectivity index (χ2n) is 6.56. The van der Waals surface area contributed by atoms with Crippen LogP contribution in [0.15, 0.2) is 66.7 Å². The van der Waals surface area contributed by atoms with Crippen molar-refractivity contribution in [3.05, 3.63) is 101 Å². The highest BCUT2D eigenvalue weighted by Gasteiger charge is 2.24. The first-order valence-corrected chi connectivity index (χ1v) is 8.91. The summed E-state index contributed by atoms with van der Waals surface area (Å²) in [7, 11) is 0. The number of imidazole rings is 1. The summed E-state index contributed by atoms with van der Waals surface area (Å²) >= 11 is 0. The summed E-state index contributed by atoms with van der Waals surface area (Å²) in [6.07, 6.45) is 0.586. The highest BCUT2D eigenvalue weighted by molar-refractivity contribution is 6.33. The molecule has 1 heterocycles. The van der Waals surface area contributed by atoms with Gasteiger partial charge < -0.3 is 10.1 Å². The Morgan fingerprint density at radius 1 is 0.933 bits per heavy atom.